The van der Waals surface area contributed by atoms with E-state index in [0.717, 1.165) is 23.9 Å². The number of pyridine rings is 1. The Hall–Kier alpha value is -3.06. The predicted molar refractivity (Wildman–Crippen MR) is 104 cm³/mol. The Labute approximate surface area is 157 Å². The van der Waals surface area contributed by atoms with E-state index in [4.69, 9.17) is 5.73 Å². The molecule has 4 rings (SSSR count). The number of hydrogen-bond donors (Lipinski definition) is 1. The molecule has 27 heavy (non-hydrogen) atoms. The van der Waals surface area contributed by atoms with Gasteiger partial charge in [0.05, 0.1) is 12.1 Å². The molecular weight excluding hydrogens is 340 g/mol. The van der Waals surface area contributed by atoms with Gasteiger partial charge in [0.2, 0.25) is 0 Å². The van der Waals surface area contributed by atoms with Crippen LogP contribution in [0.2, 0.25) is 0 Å². The topological polar surface area (TPSA) is 88.2 Å². The van der Waals surface area contributed by atoms with Crippen LogP contribution >= 0.6 is 0 Å². The Kier molecular flexibility index (Phi) is 4.68. The minimum atomic E-state index is 0.0665. The zero-order valence-corrected chi connectivity index (χ0v) is 15.2. The van der Waals surface area contributed by atoms with Crippen LogP contribution in [0.5, 0.6) is 0 Å². The quantitative estimate of drug-likeness (QED) is 0.763. The molecule has 0 unspecified atom stereocenters. The van der Waals surface area contributed by atoms with Crippen molar-refractivity contribution in [2.75, 3.05) is 25.9 Å². The van der Waals surface area contributed by atoms with Crippen molar-refractivity contribution in [2.24, 2.45) is 0 Å². The van der Waals surface area contributed by atoms with Crippen molar-refractivity contribution >= 4 is 22.6 Å². The zero-order valence-electron chi connectivity index (χ0n) is 15.2. The lowest BCUT2D eigenvalue weighted by atomic mass is 10.1. The first kappa shape index (κ1) is 17.4. The number of rotatable bonds is 4. The number of aromatic nitrogens is 3. The molecule has 138 valence electrons. The summed E-state index contributed by atoms with van der Waals surface area (Å²) in [4.78, 5) is 29.8. The van der Waals surface area contributed by atoms with Gasteiger partial charge in [0.1, 0.15) is 11.6 Å². The van der Waals surface area contributed by atoms with E-state index in [9.17, 15) is 4.79 Å². The zero-order chi connectivity index (χ0) is 18.8. The van der Waals surface area contributed by atoms with Crippen molar-refractivity contribution in [1.29, 1.82) is 0 Å². The van der Waals surface area contributed by atoms with Gasteiger partial charge in [-0.25, -0.2) is 9.97 Å². The largest absolute Gasteiger partial charge is 0.384 e. The molecule has 3 heterocycles. The molecule has 0 bridgehead atoms. The number of anilines is 1. The van der Waals surface area contributed by atoms with Gasteiger partial charge < -0.3 is 10.6 Å². The van der Waals surface area contributed by atoms with E-state index in [2.05, 4.69) is 19.9 Å². The number of nitrogens with two attached hydrogens (primary N) is 1. The average Bonchev–Trinajstić information content (AvgIpc) is 3.17. The van der Waals surface area contributed by atoms with Gasteiger partial charge in [0, 0.05) is 42.5 Å². The lowest BCUT2D eigenvalue weighted by Crippen LogP contribution is -2.36. The molecule has 1 amide bonds. The summed E-state index contributed by atoms with van der Waals surface area (Å²) in [6, 6.07) is 11.5. The summed E-state index contributed by atoms with van der Waals surface area (Å²) in [5, 5.41) is 0.982. The van der Waals surface area contributed by atoms with Crippen molar-refractivity contribution in [1.82, 2.24) is 24.8 Å². The highest BCUT2D eigenvalue weighted by atomic mass is 16.2. The highest BCUT2D eigenvalue weighted by Crippen LogP contribution is 2.20. The number of amides is 1. The fraction of sp³-hybridized carbons (Fsp3) is 0.300. The van der Waals surface area contributed by atoms with Gasteiger partial charge in [-0.15, -0.1) is 0 Å². The van der Waals surface area contributed by atoms with Crippen molar-refractivity contribution in [3.8, 4) is 0 Å². The van der Waals surface area contributed by atoms with Gasteiger partial charge in [0.25, 0.3) is 5.91 Å². The van der Waals surface area contributed by atoms with Gasteiger partial charge in [0.15, 0.2) is 0 Å². The third kappa shape index (κ3) is 3.73. The second kappa shape index (κ2) is 7.28. The van der Waals surface area contributed by atoms with Gasteiger partial charge in [-0.05, 0) is 43.8 Å². The minimum absolute atomic E-state index is 0.0665. The molecule has 7 heteroatoms. The summed E-state index contributed by atoms with van der Waals surface area (Å²) >= 11 is 0. The number of nitrogens with zero attached hydrogens (tertiary/aromatic N) is 5. The molecule has 1 fully saturated rings. The third-order valence-electron chi connectivity index (χ3n) is 5.04. The Morgan fingerprint density at radius 2 is 2.15 bits per heavy atom. The molecule has 1 saturated heterocycles. The van der Waals surface area contributed by atoms with E-state index in [1.54, 1.807) is 18.5 Å². The Morgan fingerprint density at radius 3 is 3.00 bits per heavy atom. The second-order valence-electron chi connectivity index (χ2n) is 6.92. The molecular formula is C20H22N6O. The number of carbonyl (C=O) groups is 1. The number of benzene rings is 1. The van der Waals surface area contributed by atoms with Crippen LogP contribution in [0.4, 0.5) is 5.82 Å². The van der Waals surface area contributed by atoms with Gasteiger partial charge in [-0.2, -0.15) is 0 Å². The molecule has 3 aromatic rings. The Bertz CT molecular complexity index is 975. The lowest BCUT2D eigenvalue weighted by molar-refractivity contribution is 0.0779. The van der Waals surface area contributed by atoms with Crippen LogP contribution in [-0.4, -0.2) is 56.8 Å². The second-order valence-corrected chi connectivity index (χ2v) is 6.92. The normalized spacial score (nSPS) is 17.0. The molecule has 1 aliphatic heterocycles. The minimum Gasteiger partial charge on any atom is -0.384 e. The molecule has 7 nitrogen and oxygen atoms in total. The average molecular weight is 362 g/mol. The van der Waals surface area contributed by atoms with Crippen LogP contribution in [0.1, 0.15) is 22.6 Å². The maximum Gasteiger partial charge on any atom is 0.253 e. The molecule has 2 aromatic heterocycles. The Morgan fingerprint density at radius 1 is 1.26 bits per heavy atom. The van der Waals surface area contributed by atoms with Crippen molar-refractivity contribution < 1.29 is 4.79 Å². The van der Waals surface area contributed by atoms with E-state index in [-0.39, 0.29) is 11.9 Å². The van der Waals surface area contributed by atoms with E-state index < -0.39 is 0 Å². The van der Waals surface area contributed by atoms with Crippen LogP contribution in [0.3, 0.4) is 0 Å². The Balaban J connectivity index is 1.42. The number of nitrogen functional groups attached to an aromatic ring is 1. The standard InChI is InChI=1S/C20H22N6O/c1-25(13-19-23-9-6-18(21)24-19)16-7-10-26(12-16)20(27)15-4-5-17-14(11-15)3-2-8-22-17/h2-6,8-9,11,16H,7,10,12-13H2,1H3,(H2,21,23,24)/t16-/m1/s1. The van der Waals surface area contributed by atoms with Crippen LogP contribution in [0.15, 0.2) is 48.8 Å². The van der Waals surface area contributed by atoms with Gasteiger partial charge >= 0.3 is 0 Å². The number of fused-ring (bicyclic) bond motifs is 1. The van der Waals surface area contributed by atoms with Crippen LogP contribution in [0, 0.1) is 0 Å². The SMILES string of the molecule is CN(Cc1nccc(N)n1)[C@@H]1CCN(C(=O)c2ccc3ncccc3c2)C1. The number of likely N-dealkylation sites (tertiary alicyclic amines) is 1. The first-order chi connectivity index (χ1) is 13.1. The molecule has 0 radical (unpaired) electrons. The molecule has 2 N–H and O–H groups in total. The van der Waals surface area contributed by atoms with Crippen LogP contribution < -0.4 is 5.73 Å². The number of likely N-dealkylation sites (N-methyl/N-ethyl adjacent to an activating group) is 1. The van der Waals surface area contributed by atoms with E-state index in [1.807, 2.05) is 42.3 Å². The fourth-order valence-electron chi connectivity index (χ4n) is 3.52. The van der Waals surface area contributed by atoms with Gasteiger partial charge in [-0.1, -0.05) is 6.07 Å². The first-order valence-corrected chi connectivity index (χ1v) is 9.02. The summed E-state index contributed by atoms with van der Waals surface area (Å²) in [6.07, 6.45) is 4.36. The predicted octanol–water partition coefficient (Wildman–Crippen LogP) is 1.95. The highest BCUT2D eigenvalue weighted by molar-refractivity contribution is 5.98. The van der Waals surface area contributed by atoms with E-state index >= 15 is 0 Å². The summed E-state index contributed by atoms with van der Waals surface area (Å²) < 4.78 is 0. The molecule has 0 aliphatic carbocycles. The summed E-state index contributed by atoms with van der Waals surface area (Å²) in [7, 11) is 2.03. The summed E-state index contributed by atoms with van der Waals surface area (Å²) in [5.74, 6) is 1.24. The fourth-order valence-corrected chi connectivity index (χ4v) is 3.52. The van der Waals surface area contributed by atoms with Crippen molar-refractivity contribution in [3.05, 3.63) is 60.2 Å². The maximum absolute atomic E-state index is 12.9. The molecule has 0 saturated carbocycles. The summed E-state index contributed by atoms with van der Waals surface area (Å²) in [6.45, 7) is 2.05. The maximum atomic E-state index is 12.9. The van der Waals surface area contributed by atoms with Crippen LogP contribution in [-0.2, 0) is 6.54 Å². The summed E-state index contributed by atoms with van der Waals surface area (Å²) in [5.41, 5.74) is 7.33. The monoisotopic (exact) mass is 362 g/mol. The van der Waals surface area contributed by atoms with E-state index in [0.29, 0.717) is 30.3 Å². The van der Waals surface area contributed by atoms with E-state index in [1.165, 1.54) is 0 Å². The number of hydrogen-bond acceptors (Lipinski definition) is 6. The first-order valence-electron chi connectivity index (χ1n) is 9.02. The molecule has 1 aromatic carbocycles. The third-order valence-corrected chi connectivity index (χ3v) is 5.04. The van der Waals surface area contributed by atoms with Crippen LogP contribution in [0.25, 0.3) is 10.9 Å². The van der Waals surface area contributed by atoms with Crippen molar-refractivity contribution in [2.45, 2.75) is 19.0 Å². The lowest BCUT2D eigenvalue weighted by Gasteiger charge is -2.24. The molecule has 1 atom stereocenters. The smallest absolute Gasteiger partial charge is 0.253 e. The molecule has 0 spiro atoms. The van der Waals surface area contributed by atoms with Crippen molar-refractivity contribution in [3.63, 3.8) is 0 Å². The van der Waals surface area contributed by atoms with Gasteiger partial charge in [-0.3, -0.25) is 14.7 Å². The highest BCUT2D eigenvalue weighted by Gasteiger charge is 2.29. The molecule has 1 aliphatic rings. The number of carbonyl (C=O) groups excluding carboxylic acids is 1.